The summed E-state index contributed by atoms with van der Waals surface area (Å²) in [5.74, 6) is -14.2. The normalized spacial score (nSPS) is 18.0. The van der Waals surface area contributed by atoms with E-state index in [0.717, 1.165) is 4.90 Å². The summed E-state index contributed by atoms with van der Waals surface area (Å²) in [6.45, 7) is -0.794. The molecule has 0 saturated carbocycles. The minimum atomic E-state index is -1.96. The average Bonchev–Trinajstić information content (AvgIpc) is 1.62. The van der Waals surface area contributed by atoms with Crippen molar-refractivity contribution in [3.8, 4) is 5.75 Å². The number of aliphatic imine (C=N–C) groups is 1. The number of amides is 13. The lowest BCUT2D eigenvalue weighted by atomic mass is 10.0. The van der Waals surface area contributed by atoms with Gasteiger partial charge in [-0.15, -0.1) is 0 Å². The number of hydrogen-bond donors (Lipinski definition) is 16. The Bertz CT molecular complexity index is 3300. The van der Waals surface area contributed by atoms with Crippen LogP contribution in [0.15, 0.2) is 59.6 Å². The lowest BCUT2D eigenvalue weighted by molar-refractivity contribution is -0.149. The van der Waals surface area contributed by atoms with E-state index >= 15 is 0 Å². The number of aromatic hydroxyl groups is 1. The smallest absolute Gasteiger partial charge is 0.305 e. The molecule has 37 heteroatoms. The van der Waals surface area contributed by atoms with E-state index in [9.17, 15) is 87.2 Å². The maximum Gasteiger partial charge on any atom is 0.305 e. The second kappa shape index (κ2) is 40.3. The zero-order valence-electron chi connectivity index (χ0n) is 55.6. The molecule has 3 fully saturated rings. The first-order valence-corrected chi connectivity index (χ1v) is 35.2. The minimum Gasteiger partial charge on any atom is -0.508 e. The number of carboxylic acids is 2. The maximum atomic E-state index is 14.7. The SMILES string of the molecule is CSCC[C@H](NC(=O)[C@H](CCSC)NC(=O)CNC(=O)[C@H](Cc1ccc(O)cc1)NC(=O)[C@H](Cc1ccccc1)NC(=O)[C@H](CCCN=C(N)N)NC(=O)[C@H](CC(=O)O)NC(=O)[C@@H]1CCCN1C(=O)[C@H](CC(N)=O)NC(=O)[C@@H]1CCCN1C(=O)[C@@H]1CCCN1C(=O)[C@@H](N)CC(=O)O)C(N)=O. The first kappa shape index (κ1) is 80.9. The number of thioether (sulfide) groups is 2. The first-order chi connectivity index (χ1) is 47.5. The maximum absolute atomic E-state index is 14.7. The van der Waals surface area contributed by atoms with Gasteiger partial charge in [0.05, 0.1) is 31.8 Å². The Morgan fingerprint density at radius 1 is 0.520 bits per heavy atom. The van der Waals surface area contributed by atoms with Crippen molar-refractivity contribution in [3.63, 3.8) is 0 Å². The molecule has 0 aromatic heterocycles. The number of likely N-dealkylation sites (tertiary alicyclic amines) is 3. The highest BCUT2D eigenvalue weighted by Crippen LogP contribution is 2.27. The number of nitrogens with two attached hydrogens (primary N) is 5. The highest BCUT2D eigenvalue weighted by Gasteiger charge is 2.46. The summed E-state index contributed by atoms with van der Waals surface area (Å²) in [6.07, 6.45) is 1.67. The molecule has 0 unspecified atom stereocenters. The molecule has 3 aliphatic heterocycles. The lowest BCUT2D eigenvalue weighted by Gasteiger charge is -2.33. The van der Waals surface area contributed by atoms with E-state index < -0.39 is 181 Å². The summed E-state index contributed by atoms with van der Waals surface area (Å²) in [4.78, 5) is 211. The summed E-state index contributed by atoms with van der Waals surface area (Å²) in [7, 11) is 0. The second-order valence-corrected chi connectivity index (χ2v) is 26.2. The molecule has 100 heavy (non-hydrogen) atoms. The fraction of sp³-hybridized carbons (Fsp3) is 0.556. The van der Waals surface area contributed by atoms with Gasteiger partial charge in [-0.05, 0) is 111 Å². The van der Waals surface area contributed by atoms with Crippen LogP contribution < -0.4 is 71.2 Å². The Hall–Kier alpha value is -9.78. The topological polar surface area (TPSA) is 565 Å². The van der Waals surface area contributed by atoms with Gasteiger partial charge < -0.3 is 101 Å². The van der Waals surface area contributed by atoms with Crippen LogP contribution in [0.3, 0.4) is 0 Å². The number of phenolic OH excluding ortho intramolecular Hbond substituents is 1. The number of hydrogen-bond acceptors (Lipinski definition) is 20. The predicted octanol–water partition coefficient (Wildman–Crippen LogP) is -5.14. The molecule has 0 radical (unpaired) electrons. The third-order valence-electron chi connectivity index (χ3n) is 16.7. The fourth-order valence-electron chi connectivity index (χ4n) is 11.7. The molecule has 3 aliphatic rings. The van der Waals surface area contributed by atoms with Crippen LogP contribution in [0.1, 0.15) is 94.6 Å². The van der Waals surface area contributed by atoms with E-state index in [1.165, 1.54) is 57.6 Å². The Kier molecular flexibility index (Phi) is 32.6. The van der Waals surface area contributed by atoms with Crippen molar-refractivity contribution < 1.29 is 87.2 Å². The Morgan fingerprint density at radius 3 is 1.54 bits per heavy atom. The van der Waals surface area contributed by atoms with Gasteiger partial charge in [-0.3, -0.25) is 76.9 Å². The van der Waals surface area contributed by atoms with Crippen LogP contribution in [-0.4, -0.2) is 248 Å². The number of nitrogens with one attached hydrogen (secondary N) is 8. The molecule has 3 saturated heterocycles. The molecule has 5 rings (SSSR count). The number of primary amides is 2. The standard InChI is InChI=1S/C63H91N17O18S2/c1-99-26-20-38(52(66)88)72-55(91)40(21-27-100-2)71-49(83)33-70-53(89)41(29-35-16-18-36(81)19-17-35)74-56(92)42(28-34-10-4-3-5-11-34)75-54(90)39(12-6-22-69-63(67)68)73-57(93)43(32-51(86)87)76-58(94)45-13-7-23-78(45)61(97)44(31-48(65)82)77-59(95)46-14-8-24-79(46)62(98)47-15-9-25-80(47)60(96)37(64)30-50(84)85/h3-5,10-11,16-19,37-47,81H,6-9,12-15,20-33,64H2,1-2H3,(H2,65,82)(H2,66,88)(H,70,89)(H,71,83)(H,72,91)(H,73,93)(H,74,92)(H,75,90)(H,76,94)(H,77,95)(H,84,85)(H,86,87)(H4,67,68,69)/t37-,38-,39-,40-,41-,42-,43-,44-,45-,46-,47-/m0/s1. The van der Waals surface area contributed by atoms with Crippen LogP contribution >= 0.6 is 23.5 Å². The monoisotopic (exact) mass is 1440 g/mol. The quantitative estimate of drug-likeness (QED) is 0.0169. The minimum absolute atomic E-state index is 0.0258. The van der Waals surface area contributed by atoms with Crippen molar-refractivity contribution in [2.24, 2.45) is 33.7 Å². The van der Waals surface area contributed by atoms with Crippen LogP contribution in [0, 0.1) is 0 Å². The largest absolute Gasteiger partial charge is 0.508 e. The molecule has 2 aromatic rings. The number of guanidine groups is 1. The zero-order chi connectivity index (χ0) is 73.8. The third kappa shape index (κ3) is 25.5. The van der Waals surface area contributed by atoms with Gasteiger partial charge in [0.15, 0.2) is 5.96 Å². The summed E-state index contributed by atoms with van der Waals surface area (Å²) in [5, 5.41) is 49.6. The van der Waals surface area contributed by atoms with Crippen molar-refractivity contribution in [2.75, 3.05) is 56.7 Å². The molecule has 0 bridgehead atoms. The number of aliphatic carboxylic acids is 2. The van der Waals surface area contributed by atoms with Gasteiger partial charge in [0.2, 0.25) is 76.8 Å². The van der Waals surface area contributed by atoms with Crippen molar-refractivity contribution in [1.29, 1.82) is 0 Å². The molecule has 0 aliphatic carbocycles. The fourth-order valence-corrected chi connectivity index (χ4v) is 12.6. The molecule has 548 valence electrons. The van der Waals surface area contributed by atoms with Gasteiger partial charge >= 0.3 is 11.9 Å². The Labute approximate surface area is 584 Å². The summed E-state index contributed by atoms with van der Waals surface area (Å²) < 4.78 is 0. The Balaban J connectivity index is 1.35. The van der Waals surface area contributed by atoms with Gasteiger partial charge in [-0.1, -0.05) is 42.5 Å². The molecular weight excluding hydrogens is 1350 g/mol. The number of benzene rings is 2. The van der Waals surface area contributed by atoms with E-state index in [-0.39, 0.29) is 102 Å². The van der Waals surface area contributed by atoms with Gasteiger partial charge in [-0.25, -0.2) is 0 Å². The van der Waals surface area contributed by atoms with Crippen molar-refractivity contribution in [2.45, 2.75) is 163 Å². The second-order valence-electron chi connectivity index (χ2n) is 24.2. The van der Waals surface area contributed by atoms with Gasteiger partial charge in [0, 0.05) is 39.0 Å². The molecular formula is C63H91N17O18S2. The lowest BCUT2D eigenvalue weighted by Crippen LogP contribution is -2.60. The third-order valence-corrected chi connectivity index (χ3v) is 18.0. The van der Waals surface area contributed by atoms with E-state index in [0.29, 0.717) is 35.5 Å². The molecule has 21 N–H and O–H groups in total. The number of carboxylic acid groups (broad SMARTS) is 2. The van der Waals surface area contributed by atoms with Crippen LogP contribution in [-0.2, 0) is 84.8 Å². The first-order valence-electron chi connectivity index (χ1n) is 32.4. The highest BCUT2D eigenvalue weighted by atomic mass is 32.2. The Morgan fingerprint density at radius 2 is 0.990 bits per heavy atom. The van der Waals surface area contributed by atoms with E-state index in [1.54, 1.807) is 36.6 Å². The van der Waals surface area contributed by atoms with Crippen LogP contribution in [0.2, 0.25) is 0 Å². The van der Waals surface area contributed by atoms with Crippen molar-refractivity contribution in [3.05, 3.63) is 65.7 Å². The van der Waals surface area contributed by atoms with Gasteiger partial charge in [0.25, 0.3) is 0 Å². The van der Waals surface area contributed by atoms with Gasteiger partial charge in [0.1, 0.15) is 66.2 Å². The number of carbonyl (C=O) groups excluding carboxylic acids is 13. The number of nitrogens with zero attached hydrogens (tertiary/aromatic N) is 4. The summed E-state index contributed by atoms with van der Waals surface area (Å²) in [5.41, 5.74) is 29.0. The number of rotatable bonds is 40. The van der Waals surface area contributed by atoms with Crippen LogP contribution in [0.25, 0.3) is 0 Å². The highest BCUT2D eigenvalue weighted by molar-refractivity contribution is 7.98. The predicted molar refractivity (Wildman–Crippen MR) is 364 cm³/mol. The molecule has 3 heterocycles. The molecule has 0 spiro atoms. The van der Waals surface area contributed by atoms with Crippen LogP contribution in [0.4, 0.5) is 0 Å². The number of phenols is 1. The van der Waals surface area contributed by atoms with Crippen molar-refractivity contribution in [1.82, 2.24) is 57.2 Å². The molecule has 35 nitrogen and oxygen atoms in total. The molecule has 13 amide bonds. The molecule has 2 aromatic carbocycles. The van der Waals surface area contributed by atoms with Gasteiger partial charge in [-0.2, -0.15) is 23.5 Å². The zero-order valence-corrected chi connectivity index (χ0v) is 57.2. The summed E-state index contributed by atoms with van der Waals surface area (Å²) in [6, 6.07) is -1.87. The average molecular weight is 1440 g/mol. The van der Waals surface area contributed by atoms with E-state index in [4.69, 9.17) is 28.7 Å². The number of carbonyl (C=O) groups is 15. The van der Waals surface area contributed by atoms with Crippen molar-refractivity contribution >= 4 is 118 Å². The summed E-state index contributed by atoms with van der Waals surface area (Å²) >= 11 is 2.82. The van der Waals surface area contributed by atoms with Crippen LogP contribution in [0.5, 0.6) is 5.75 Å². The van der Waals surface area contributed by atoms with E-state index in [2.05, 4.69) is 47.5 Å². The molecule has 11 atom stereocenters. The van der Waals surface area contributed by atoms with E-state index in [1.807, 2.05) is 6.26 Å².